The monoisotopic (exact) mass is 295 g/mol. The molecule has 6 heteroatoms. The first-order valence-corrected chi connectivity index (χ1v) is 6.99. The zero-order valence-corrected chi connectivity index (χ0v) is 11.3. The van der Waals surface area contributed by atoms with Crippen LogP contribution < -0.4 is 0 Å². The fraction of sp³-hybridized carbons (Fsp3) is 0.467. The molecule has 1 heterocycles. The van der Waals surface area contributed by atoms with Crippen molar-refractivity contribution in [2.75, 3.05) is 13.1 Å². The van der Waals surface area contributed by atoms with Crippen molar-refractivity contribution in [1.29, 1.82) is 0 Å². The van der Waals surface area contributed by atoms with Crippen molar-refractivity contribution in [3.8, 4) is 0 Å². The highest BCUT2D eigenvalue weighted by Gasteiger charge is 2.39. The van der Waals surface area contributed by atoms with E-state index in [9.17, 15) is 18.4 Å². The Morgan fingerprint density at radius 2 is 1.57 bits per heavy atom. The molecule has 1 amide bonds. The van der Waals surface area contributed by atoms with Gasteiger partial charge in [-0.25, -0.2) is 13.6 Å². The molecule has 1 aliphatic carbocycles. The van der Waals surface area contributed by atoms with E-state index >= 15 is 0 Å². The van der Waals surface area contributed by atoms with Crippen LogP contribution in [0.3, 0.4) is 0 Å². The Kier molecular flexibility index (Phi) is 3.39. The fourth-order valence-electron chi connectivity index (χ4n) is 3.47. The fourth-order valence-corrected chi connectivity index (χ4v) is 3.47. The number of nitrogens with zero attached hydrogens (tertiary/aromatic N) is 1. The lowest BCUT2D eigenvalue weighted by Gasteiger charge is -2.18. The van der Waals surface area contributed by atoms with Crippen LogP contribution >= 0.6 is 0 Å². The number of hydrogen-bond acceptors (Lipinski definition) is 2. The number of rotatable bonds is 2. The minimum atomic E-state index is -1.43. The molecule has 1 aliphatic heterocycles. The lowest BCUT2D eigenvalue weighted by Crippen LogP contribution is -2.31. The summed E-state index contributed by atoms with van der Waals surface area (Å²) in [5, 5.41) is 9.07. The van der Waals surface area contributed by atoms with Crippen LogP contribution in [0.15, 0.2) is 12.1 Å². The van der Waals surface area contributed by atoms with E-state index in [4.69, 9.17) is 5.11 Å². The maximum atomic E-state index is 13.4. The summed E-state index contributed by atoms with van der Waals surface area (Å²) in [4.78, 5) is 25.1. The minimum absolute atomic E-state index is 0.277. The third kappa shape index (κ3) is 2.39. The van der Waals surface area contributed by atoms with E-state index in [1.165, 1.54) is 0 Å². The van der Waals surface area contributed by atoms with Crippen molar-refractivity contribution in [3.63, 3.8) is 0 Å². The summed E-state index contributed by atoms with van der Waals surface area (Å²) >= 11 is 0. The predicted molar refractivity (Wildman–Crippen MR) is 70.1 cm³/mol. The van der Waals surface area contributed by atoms with Gasteiger partial charge in [-0.1, -0.05) is 6.42 Å². The zero-order valence-electron chi connectivity index (χ0n) is 11.3. The largest absolute Gasteiger partial charge is 0.478 e. The molecule has 1 N–H and O–H groups in total. The number of fused-ring (bicyclic) bond motifs is 1. The van der Waals surface area contributed by atoms with Crippen LogP contribution in [0.2, 0.25) is 0 Å². The third-order valence-electron chi connectivity index (χ3n) is 4.53. The predicted octanol–water partition coefficient (Wildman–Crippen LogP) is 2.54. The van der Waals surface area contributed by atoms with Crippen LogP contribution in [0.4, 0.5) is 8.78 Å². The normalized spacial score (nSPS) is 24.2. The highest BCUT2D eigenvalue weighted by molar-refractivity contribution is 6.04. The first-order chi connectivity index (χ1) is 9.97. The lowest BCUT2D eigenvalue weighted by molar-refractivity contribution is 0.0678. The van der Waals surface area contributed by atoms with Gasteiger partial charge in [-0.15, -0.1) is 0 Å². The Labute approximate surface area is 120 Å². The highest BCUT2D eigenvalue weighted by atomic mass is 19.2. The molecule has 21 heavy (non-hydrogen) atoms. The maximum absolute atomic E-state index is 13.4. The molecule has 1 aromatic carbocycles. The van der Waals surface area contributed by atoms with Gasteiger partial charge < -0.3 is 10.0 Å². The molecular weight excluding hydrogens is 280 g/mol. The molecular formula is C15H15F2NO3. The van der Waals surface area contributed by atoms with E-state index in [2.05, 4.69) is 0 Å². The SMILES string of the molecule is O=C(O)c1cc(F)c(F)cc1C(=O)N1CC2CCCC2C1. The van der Waals surface area contributed by atoms with Crippen molar-refractivity contribution < 1.29 is 23.5 Å². The number of carbonyl (C=O) groups excluding carboxylic acids is 1. The summed E-state index contributed by atoms with van der Waals surface area (Å²) in [6.07, 6.45) is 3.29. The van der Waals surface area contributed by atoms with Gasteiger partial charge in [0.15, 0.2) is 11.6 Å². The molecule has 0 spiro atoms. The number of likely N-dealkylation sites (tertiary alicyclic amines) is 1. The number of carbonyl (C=O) groups is 2. The number of benzene rings is 1. The average Bonchev–Trinajstić information content (AvgIpc) is 3.01. The Bertz CT molecular complexity index is 605. The second-order valence-corrected chi connectivity index (χ2v) is 5.78. The van der Waals surface area contributed by atoms with Crippen molar-refractivity contribution in [2.45, 2.75) is 19.3 Å². The van der Waals surface area contributed by atoms with Gasteiger partial charge in [0.05, 0.1) is 11.1 Å². The first-order valence-electron chi connectivity index (χ1n) is 6.99. The summed E-state index contributed by atoms with van der Waals surface area (Å²) < 4.78 is 26.5. The van der Waals surface area contributed by atoms with Gasteiger partial charge in [0.1, 0.15) is 0 Å². The van der Waals surface area contributed by atoms with Gasteiger partial charge in [-0.2, -0.15) is 0 Å². The molecule has 2 aliphatic rings. The van der Waals surface area contributed by atoms with Gasteiger partial charge in [-0.3, -0.25) is 4.79 Å². The topological polar surface area (TPSA) is 57.6 Å². The second kappa shape index (κ2) is 5.09. The van der Waals surface area contributed by atoms with Gasteiger partial charge in [0.2, 0.25) is 0 Å². The van der Waals surface area contributed by atoms with Gasteiger partial charge in [-0.05, 0) is 36.8 Å². The molecule has 3 rings (SSSR count). The van der Waals surface area contributed by atoms with E-state index < -0.39 is 29.1 Å². The number of carboxylic acid groups (broad SMARTS) is 1. The van der Waals surface area contributed by atoms with Crippen molar-refractivity contribution in [1.82, 2.24) is 4.90 Å². The van der Waals surface area contributed by atoms with Crippen LogP contribution in [0.25, 0.3) is 0 Å². The van der Waals surface area contributed by atoms with Crippen molar-refractivity contribution >= 4 is 11.9 Å². The quantitative estimate of drug-likeness (QED) is 0.912. The van der Waals surface area contributed by atoms with Crippen molar-refractivity contribution in [3.05, 3.63) is 34.9 Å². The molecule has 2 unspecified atom stereocenters. The Hall–Kier alpha value is -1.98. The standard InChI is InChI=1S/C15H15F2NO3/c16-12-4-10(11(15(20)21)5-13(12)17)14(19)18-6-8-2-1-3-9(8)7-18/h4-5,8-9H,1-3,6-7H2,(H,20,21). The molecule has 4 nitrogen and oxygen atoms in total. The summed E-state index contributed by atoms with van der Waals surface area (Å²) in [6.45, 7) is 1.14. The van der Waals surface area contributed by atoms with Crippen molar-refractivity contribution in [2.24, 2.45) is 11.8 Å². The smallest absolute Gasteiger partial charge is 0.336 e. The van der Waals surface area contributed by atoms with Crippen LogP contribution in [0, 0.1) is 23.5 Å². The highest BCUT2D eigenvalue weighted by Crippen LogP contribution is 2.38. The van der Waals surface area contributed by atoms with Gasteiger partial charge >= 0.3 is 5.97 Å². The van der Waals surface area contributed by atoms with Gasteiger partial charge in [0, 0.05) is 13.1 Å². The molecule has 0 radical (unpaired) electrons. The molecule has 112 valence electrons. The Morgan fingerprint density at radius 3 is 2.10 bits per heavy atom. The molecule has 2 atom stereocenters. The van der Waals surface area contributed by atoms with E-state index in [0.29, 0.717) is 37.1 Å². The maximum Gasteiger partial charge on any atom is 0.336 e. The third-order valence-corrected chi connectivity index (χ3v) is 4.53. The number of hydrogen-bond donors (Lipinski definition) is 1. The first kappa shape index (κ1) is 14.0. The molecule has 0 bridgehead atoms. The van der Waals surface area contributed by atoms with Crippen LogP contribution in [0.1, 0.15) is 40.0 Å². The van der Waals surface area contributed by atoms with E-state index in [-0.39, 0.29) is 5.56 Å². The molecule has 1 saturated heterocycles. The van der Waals surface area contributed by atoms with Gasteiger partial charge in [0.25, 0.3) is 5.91 Å². The van der Waals surface area contributed by atoms with E-state index in [0.717, 1.165) is 19.3 Å². The second-order valence-electron chi connectivity index (χ2n) is 5.78. The summed E-state index contributed by atoms with van der Waals surface area (Å²) in [5.41, 5.74) is -0.766. The van der Waals surface area contributed by atoms with Crippen LogP contribution in [-0.2, 0) is 0 Å². The number of amides is 1. The summed E-state index contributed by atoms with van der Waals surface area (Å²) in [7, 11) is 0. The minimum Gasteiger partial charge on any atom is -0.478 e. The Morgan fingerprint density at radius 1 is 1.05 bits per heavy atom. The number of carboxylic acids is 1. The van der Waals surface area contributed by atoms with Crippen LogP contribution in [0.5, 0.6) is 0 Å². The lowest BCUT2D eigenvalue weighted by atomic mass is 10.0. The average molecular weight is 295 g/mol. The zero-order chi connectivity index (χ0) is 15.1. The molecule has 0 aromatic heterocycles. The van der Waals surface area contributed by atoms with Crippen LogP contribution in [-0.4, -0.2) is 35.0 Å². The van der Waals surface area contributed by atoms with E-state index in [1.807, 2.05) is 0 Å². The summed E-state index contributed by atoms with van der Waals surface area (Å²) in [6, 6.07) is 1.26. The van der Waals surface area contributed by atoms with E-state index in [1.54, 1.807) is 4.90 Å². The molecule has 1 saturated carbocycles. The number of halogens is 2. The molecule has 1 aromatic rings. The summed E-state index contributed by atoms with van der Waals surface area (Å²) in [5.74, 6) is -3.53. The Balaban J connectivity index is 1.91. The number of aromatic carboxylic acids is 1. The molecule has 2 fully saturated rings.